The molecule has 3 aromatic rings. The average Bonchev–Trinajstić information content (AvgIpc) is 3.44. The second kappa shape index (κ2) is 9.60. The van der Waals surface area contributed by atoms with E-state index >= 15 is 0 Å². The third kappa shape index (κ3) is 4.95. The molecular formula is C23H29N5O2S. The molecule has 1 saturated carbocycles. The summed E-state index contributed by atoms with van der Waals surface area (Å²) in [6.45, 7) is 1.90. The van der Waals surface area contributed by atoms with Crippen molar-refractivity contribution in [3.8, 4) is 11.6 Å². The third-order valence-electron chi connectivity index (χ3n) is 5.65. The zero-order valence-electron chi connectivity index (χ0n) is 18.2. The molecule has 31 heavy (non-hydrogen) atoms. The number of carbonyl (C=O) groups is 1. The summed E-state index contributed by atoms with van der Waals surface area (Å²) >= 11 is 1.44. The zero-order chi connectivity index (χ0) is 21.8. The average molecular weight is 440 g/mol. The lowest BCUT2D eigenvalue weighted by atomic mass is 9.95. The summed E-state index contributed by atoms with van der Waals surface area (Å²) in [5, 5.41) is 12.3. The maximum Gasteiger partial charge on any atom is 0.237 e. The fraction of sp³-hybridized carbons (Fsp3) is 0.435. The molecule has 1 unspecified atom stereocenters. The van der Waals surface area contributed by atoms with E-state index in [4.69, 9.17) is 4.42 Å². The Labute approximate surface area is 187 Å². The fourth-order valence-electron chi connectivity index (χ4n) is 3.90. The van der Waals surface area contributed by atoms with Crippen LogP contribution in [0.25, 0.3) is 11.6 Å². The van der Waals surface area contributed by atoms with Gasteiger partial charge < -0.3 is 14.6 Å². The highest BCUT2D eigenvalue weighted by Crippen LogP contribution is 2.36. The normalized spacial score (nSPS) is 15.6. The zero-order valence-corrected chi connectivity index (χ0v) is 19.1. The Morgan fingerprint density at radius 1 is 1.16 bits per heavy atom. The lowest BCUT2D eigenvalue weighted by molar-refractivity contribution is -0.115. The summed E-state index contributed by atoms with van der Waals surface area (Å²) < 4.78 is 7.79. The monoisotopic (exact) mass is 439 g/mol. The molecule has 2 heterocycles. The van der Waals surface area contributed by atoms with Crippen LogP contribution in [-0.2, 0) is 4.79 Å². The molecule has 1 N–H and O–H groups in total. The lowest BCUT2D eigenvalue weighted by Crippen LogP contribution is -2.23. The summed E-state index contributed by atoms with van der Waals surface area (Å²) in [5.41, 5.74) is 1.87. The van der Waals surface area contributed by atoms with Gasteiger partial charge in [0.15, 0.2) is 10.9 Å². The molecular weight excluding hydrogens is 410 g/mol. The van der Waals surface area contributed by atoms with Crippen molar-refractivity contribution in [3.05, 3.63) is 42.7 Å². The van der Waals surface area contributed by atoms with E-state index in [0.717, 1.165) is 35.2 Å². The van der Waals surface area contributed by atoms with Gasteiger partial charge >= 0.3 is 0 Å². The number of aromatic nitrogens is 3. The van der Waals surface area contributed by atoms with E-state index in [1.807, 2.05) is 62.3 Å². The molecule has 0 bridgehead atoms. The van der Waals surface area contributed by atoms with Gasteiger partial charge in [-0.15, -0.1) is 10.2 Å². The van der Waals surface area contributed by atoms with Gasteiger partial charge in [0.05, 0.1) is 11.5 Å². The summed E-state index contributed by atoms with van der Waals surface area (Å²) in [7, 11) is 3.98. The van der Waals surface area contributed by atoms with Gasteiger partial charge in [-0.05, 0) is 56.2 Å². The number of furan rings is 1. The number of rotatable bonds is 7. The van der Waals surface area contributed by atoms with Crippen LogP contribution >= 0.6 is 11.8 Å². The first-order valence-corrected chi connectivity index (χ1v) is 11.6. The summed E-state index contributed by atoms with van der Waals surface area (Å²) in [4.78, 5) is 14.9. The molecule has 8 heteroatoms. The van der Waals surface area contributed by atoms with E-state index in [0.29, 0.717) is 11.8 Å². The van der Waals surface area contributed by atoms with E-state index in [1.165, 1.54) is 31.0 Å². The van der Waals surface area contributed by atoms with E-state index in [-0.39, 0.29) is 11.2 Å². The largest absolute Gasteiger partial charge is 0.461 e. The number of nitrogens with zero attached hydrogens (tertiary/aromatic N) is 4. The van der Waals surface area contributed by atoms with Gasteiger partial charge in [0.1, 0.15) is 0 Å². The fourth-order valence-corrected chi connectivity index (χ4v) is 4.82. The molecule has 4 rings (SSSR count). The van der Waals surface area contributed by atoms with Crippen molar-refractivity contribution in [1.29, 1.82) is 0 Å². The van der Waals surface area contributed by atoms with E-state index in [9.17, 15) is 4.79 Å². The van der Waals surface area contributed by atoms with Gasteiger partial charge in [0.2, 0.25) is 11.7 Å². The summed E-state index contributed by atoms with van der Waals surface area (Å²) in [6.07, 6.45) is 7.51. The highest BCUT2D eigenvalue weighted by molar-refractivity contribution is 8.00. The van der Waals surface area contributed by atoms with Crippen molar-refractivity contribution in [3.63, 3.8) is 0 Å². The maximum absolute atomic E-state index is 12.8. The molecule has 1 fully saturated rings. The first-order chi connectivity index (χ1) is 15.0. The smallest absolute Gasteiger partial charge is 0.237 e. The topological polar surface area (TPSA) is 76.2 Å². The Morgan fingerprint density at radius 2 is 1.90 bits per heavy atom. The number of hydrogen-bond donors (Lipinski definition) is 1. The van der Waals surface area contributed by atoms with Crippen molar-refractivity contribution >= 4 is 29.0 Å². The van der Waals surface area contributed by atoms with Gasteiger partial charge in [-0.1, -0.05) is 31.0 Å². The Kier molecular flexibility index (Phi) is 6.65. The van der Waals surface area contributed by atoms with Gasteiger partial charge in [0, 0.05) is 31.5 Å². The molecule has 1 aromatic carbocycles. The molecule has 0 radical (unpaired) electrons. The van der Waals surface area contributed by atoms with Crippen molar-refractivity contribution in [2.75, 3.05) is 24.3 Å². The Balaban J connectivity index is 1.50. The van der Waals surface area contributed by atoms with Crippen LogP contribution in [0.2, 0.25) is 0 Å². The Morgan fingerprint density at radius 3 is 2.55 bits per heavy atom. The van der Waals surface area contributed by atoms with Gasteiger partial charge in [0.25, 0.3) is 0 Å². The highest BCUT2D eigenvalue weighted by Gasteiger charge is 2.27. The maximum atomic E-state index is 12.8. The predicted molar refractivity (Wildman–Crippen MR) is 125 cm³/mol. The van der Waals surface area contributed by atoms with E-state index in [2.05, 4.69) is 20.1 Å². The molecule has 1 amide bonds. The highest BCUT2D eigenvalue weighted by atomic mass is 32.2. The number of nitrogens with one attached hydrogen (secondary N) is 1. The van der Waals surface area contributed by atoms with Crippen LogP contribution in [0, 0.1) is 0 Å². The molecule has 0 spiro atoms. The molecule has 2 aromatic heterocycles. The first kappa shape index (κ1) is 21.5. The lowest BCUT2D eigenvalue weighted by Gasteiger charge is -2.25. The van der Waals surface area contributed by atoms with Gasteiger partial charge in [-0.3, -0.25) is 9.36 Å². The summed E-state index contributed by atoms with van der Waals surface area (Å²) in [6, 6.07) is 11.9. The Bertz CT molecular complexity index is 992. The second-order valence-electron chi connectivity index (χ2n) is 8.14. The van der Waals surface area contributed by atoms with Crippen LogP contribution in [0.5, 0.6) is 0 Å². The van der Waals surface area contributed by atoms with Crippen LogP contribution in [0.1, 0.15) is 45.1 Å². The molecule has 1 aliphatic rings. The molecule has 1 atom stereocenters. The molecule has 0 saturated heterocycles. The van der Waals surface area contributed by atoms with Crippen LogP contribution in [0.3, 0.4) is 0 Å². The summed E-state index contributed by atoms with van der Waals surface area (Å²) in [5.74, 6) is 1.40. The molecule has 7 nitrogen and oxygen atoms in total. The van der Waals surface area contributed by atoms with Crippen molar-refractivity contribution in [2.24, 2.45) is 0 Å². The van der Waals surface area contributed by atoms with Crippen molar-refractivity contribution in [2.45, 2.75) is 55.5 Å². The SMILES string of the molecule is CC(Sc1nnc(-c2ccco2)n1C1CCCCC1)C(=O)Nc1ccc(N(C)C)cc1. The third-order valence-corrected chi connectivity index (χ3v) is 6.71. The van der Waals surface area contributed by atoms with Crippen LogP contribution < -0.4 is 10.2 Å². The number of hydrogen-bond acceptors (Lipinski definition) is 6. The quantitative estimate of drug-likeness (QED) is 0.508. The standard InChI is InChI=1S/C23H29N5O2S/c1-16(22(29)24-17-11-13-18(14-12-17)27(2)3)31-23-26-25-21(20-10-7-15-30-20)28(23)19-8-5-4-6-9-19/h7,10-16,19H,4-6,8-9H2,1-3H3,(H,24,29). The van der Waals surface area contributed by atoms with Crippen LogP contribution in [0.4, 0.5) is 11.4 Å². The number of thioether (sulfide) groups is 1. The molecule has 1 aliphatic carbocycles. The number of anilines is 2. The molecule has 164 valence electrons. The van der Waals surface area contributed by atoms with E-state index < -0.39 is 0 Å². The van der Waals surface area contributed by atoms with Crippen LogP contribution in [-0.4, -0.2) is 40.0 Å². The number of amides is 1. The molecule has 0 aliphatic heterocycles. The van der Waals surface area contributed by atoms with Gasteiger partial charge in [-0.2, -0.15) is 0 Å². The van der Waals surface area contributed by atoms with Crippen molar-refractivity contribution < 1.29 is 9.21 Å². The number of benzene rings is 1. The van der Waals surface area contributed by atoms with Gasteiger partial charge in [-0.25, -0.2) is 0 Å². The minimum atomic E-state index is -0.315. The van der Waals surface area contributed by atoms with Crippen molar-refractivity contribution in [1.82, 2.24) is 14.8 Å². The minimum Gasteiger partial charge on any atom is -0.461 e. The Hall–Kier alpha value is -2.74. The van der Waals surface area contributed by atoms with E-state index in [1.54, 1.807) is 6.26 Å². The minimum absolute atomic E-state index is 0.0552. The van der Waals surface area contributed by atoms with Crippen LogP contribution in [0.15, 0.2) is 52.2 Å². The predicted octanol–water partition coefficient (Wildman–Crippen LogP) is 5.23. The first-order valence-electron chi connectivity index (χ1n) is 10.8. The second-order valence-corrected chi connectivity index (χ2v) is 9.44. The number of carbonyl (C=O) groups excluding carboxylic acids is 1.